The summed E-state index contributed by atoms with van der Waals surface area (Å²) in [5.41, 5.74) is 2.73. The fourth-order valence-electron chi connectivity index (χ4n) is 3.24. The highest BCUT2D eigenvalue weighted by molar-refractivity contribution is 5.28. The molecule has 0 heterocycles. The van der Waals surface area contributed by atoms with Crippen LogP contribution in [0.1, 0.15) is 42.7 Å². The lowest BCUT2D eigenvalue weighted by Gasteiger charge is -2.29. The molecule has 0 spiro atoms. The molecule has 0 aromatic heterocycles. The minimum Gasteiger partial charge on any atom is -0.508 e. The van der Waals surface area contributed by atoms with Gasteiger partial charge >= 0.3 is 0 Å². The lowest BCUT2D eigenvalue weighted by Crippen LogP contribution is -2.32. The number of benzene rings is 2. The highest BCUT2D eigenvalue weighted by Gasteiger charge is 2.21. The third-order valence-corrected chi connectivity index (χ3v) is 4.53. The van der Waals surface area contributed by atoms with Crippen LogP contribution in [0, 0.1) is 0 Å². The average molecular weight is 281 g/mol. The van der Waals surface area contributed by atoms with Crippen molar-refractivity contribution in [1.82, 2.24) is 5.32 Å². The van der Waals surface area contributed by atoms with Gasteiger partial charge in [0.2, 0.25) is 0 Å². The maximum atomic E-state index is 9.37. The number of nitrogens with one attached hydrogen (secondary N) is 1. The number of hydrogen-bond acceptors (Lipinski definition) is 2. The second-order valence-corrected chi connectivity index (χ2v) is 6.01. The molecule has 0 saturated heterocycles. The van der Waals surface area contributed by atoms with E-state index < -0.39 is 0 Å². The lowest BCUT2D eigenvalue weighted by atomic mass is 9.81. The van der Waals surface area contributed by atoms with Crippen LogP contribution >= 0.6 is 0 Å². The van der Waals surface area contributed by atoms with E-state index in [4.69, 9.17) is 0 Å². The van der Waals surface area contributed by atoms with E-state index in [1.807, 2.05) is 0 Å². The summed E-state index contributed by atoms with van der Waals surface area (Å²) in [4.78, 5) is 0. The molecule has 21 heavy (non-hydrogen) atoms. The predicted molar refractivity (Wildman–Crippen MR) is 86.4 cm³/mol. The molecule has 0 unspecified atom stereocenters. The molecule has 0 aliphatic heterocycles. The van der Waals surface area contributed by atoms with Gasteiger partial charge in [-0.1, -0.05) is 42.5 Å². The van der Waals surface area contributed by atoms with Gasteiger partial charge in [-0.05, 0) is 54.9 Å². The van der Waals surface area contributed by atoms with E-state index in [2.05, 4.69) is 47.8 Å². The summed E-state index contributed by atoms with van der Waals surface area (Å²) in [5, 5.41) is 13.0. The third-order valence-electron chi connectivity index (χ3n) is 4.53. The normalized spacial score (nSPS) is 22.1. The van der Waals surface area contributed by atoms with Crippen LogP contribution in [-0.2, 0) is 6.54 Å². The van der Waals surface area contributed by atoms with Gasteiger partial charge in [0.1, 0.15) is 5.75 Å². The van der Waals surface area contributed by atoms with Crippen LogP contribution in [0.5, 0.6) is 5.75 Å². The van der Waals surface area contributed by atoms with E-state index in [0.29, 0.717) is 17.7 Å². The molecule has 1 aliphatic rings. The standard InChI is InChI=1S/C19H23NO/c21-19-12-8-17(9-13-19)16-6-10-18(11-7-16)20-14-15-4-2-1-3-5-15/h1-5,8-9,12-13,16,18,20-21H,6-7,10-11,14H2/t16-,18+. The molecule has 0 radical (unpaired) electrons. The molecule has 0 atom stereocenters. The SMILES string of the molecule is Oc1ccc([C@H]2CC[C@@H](NCc3ccccc3)CC2)cc1. The largest absolute Gasteiger partial charge is 0.508 e. The van der Waals surface area contributed by atoms with Crippen molar-refractivity contribution in [2.24, 2.45) is 0 Å². The highest BCUT2D eigenvalue weighted by atomic mass is 16.3. The summed E-state index contributed by atoms with van der Waals surface area (Å²) in [7, 11) is 0. The molecular weight excluding hydrogens is 258 g/mol. The Labute approximate surface area is 126 Å². The van der Waals surface area contributed by atoms with Gasteiger partial charge in [0.05, 0.1) is 0 Å². The van der Waals surface area contributed by atoms with Gasteiger partial charge in [-0.25, -0.2) is 0 Å². The Bertz CT molecular complexity index is 542. The topological polar surface area (TPSA) is 32.3 Å². The molecule has 0 bridgehead atoms. The first kappa shape index (κ1) is 14.2. The van der Waals surface area contributed by atoms with E-state index in [1.165, 1.54) is 36.8 Å². The Kier molecular flexibility index (Phi) is 4.56. The fourth-order valence-corrected chi connectivity index (χ4v) is 3.24. The first-order chi connectivity index (χ1) is 10.3. The summed E-state index contributed by atoms with van der Waals surface area (Å²) in [5.74, 6) is 1.01. The Hall–Kier alpha value is -1.80. The molecule has 2 nitrogen and oxygen atoms in total. The van der Waals surface area contributed by atoms with Crippen LogP contribution in [0.2, 0.25) is 0 Å². The van der Waals surface area contributed by atoms with Gasteiger partial charge in [0.25, 0.3) is 0 Å². The van der Waals surface area contributed by atoms with Gasteiger partial charge < -0.3 is 10.4 Å². The van der Waals surface area contributed by atoms with Crippen molar-refractivity contribution >= 4 is 0 Å². The first-order valence-electron chi connectivity index (χ1n) is 7.87. The smallest absolute Gasteiger partial charge is 0.115 e. The Morgan fingerprint density at radius 3 is 2.19 bits per heavy atom. The molecule has 2 aromatic rings. The van der Waals surface area contributed by atoms with Gasteiger partial charge in [-0.2, -0.15) is 0 Å². The second-order valence-electron chi connectivity index (χ2n) is 6.01. The highest BCUT2D eigenvalue weighted by Crippen LogP contribution is 2.33. The van der Waals surface area contributed by atoms with Gasteiger partial charge in [-0.15, -0.1) is 0 Å². The molecule has 3 rings (SSSR count). The van der Waals surface area contributed by atoms with Crippen LogP contribution in [0.3, 0.4) is 0 Å². The number of rotatable bonds is 4. The van der Waals surface area contributed by atoms with E-state index in [9.17, 15) is 5.11 Å². The molecule has 1 fully saturated rings. The molecule has 2 aromatic carbocycles. The monoisotopic (exact) mass is 281 g/mol. The van der Waals surface area contributed by atoms with E-state index in [-0.39, 0.29) is 0 Å². The molecule has 1 saturated carbocycles. The average Bonchev–Trinajstić information content (AvgIpc) is 2.55. The number of phenols is 1. The zero-order chi connectivity index (χ0) is 14.5. The van der Waals surface area contributed by atoms with Crippen molar-refractivity contribution in [3.63, 3.8) is 0 Å². The molecule has 0 amide bonds. The van der Waals surface area contributed by atoms with Crippen molar-refractivity contribution in [2.75, 3.05) is 0 Å². The quantitative estimate of drug-likeness (QED) is 0.880. The summed E-state index contributed by atoms with van der Waals surface area (Å²) in [6.45, 7) is 0.968. The van der Waals surface area contributed by atoms with Crippen LogP contribution in [0.4, 0.5) is 0 Å². The summed E-state index contributed by atoms with van der Waals surface area (Å²) in [6.07, 6.45) is 4.94. The number of phenolic OH excluding ortho intramolecular Hbond substituents is 1. The zero-order valence-corrected chi connectivity index (χ0v) is 12.3. The van der Waals surface area contributed by atoms with Gasteiger partial charge in [0, 0.05) is 12.6 Å². The summed E-state index contributed by atoms with van der Waals surface area (Å²) < 4.78 is 0. The molecule has 2 heteroatoms. The van der Waals surface area contributed by atoms with Crippen molar-refractivity contribution in [3.05, 3.63) is 65.7 Å². The second kappa shape index (κ2) is 6.77. The van der Waals surface area contributed by atoms with E-state index in [1.54, 1.807) is 12.1 Å². The Morgan fingerprint density at radius 2 is 1.52 bits per heavy atom. The summed E-state index contributed by atoms with van der Waals surface area (Å²) in [6, 6.07) is 19.0. The fraction of sp³-hybridized carbons (Fsp3) is 0.368. The predicted octanol–water partition coefficient (Wildman–Crippen LogP) is 4.21. The minimum absolute atomic E-state index is 0.358. The first-order valence-corrected chi connectivity index (χ1v) is 7.87. The zero-order valence-electron chi connectivity index (χ0n) is 12.3. The van der Waals surface area contributed by atoms with Crippen molar-refractivity contribution in [3.8, 4) is 5.75 Å². The van der Waals surface area contributed by atoms with Crippen LogP contribution in [0.25, 0.3) is 0 Å². The van der Waals surface area contributed by atoms with E-state index >= 15 is 0 Å². The van der Waals surface area contributed by atoms with Gasteiger partial charge in [0.15, 0.2) is 0 Å². The van der Waals surface area contributed by atoms with E-state index in [0.717, 1.165) is 6.54 Å². The molecule has 2 N–H and O–H groups in total. The maximum absolute atomic E-state index is 9.37. The molecule has 1 aliphatic carbocycles. The minimum atomic E-state index is 0.358. The molecular formula is C19H23NO. The summed E-state index contributed by atoms with van der Waals surface area (Å²) >= 11 is 0. The van der Waals surface area contributed by atoms with Crippen molar-refractivity contribution in [2.45, 2.75) is 44.2 Å². The number of aromatic hydroxyl groups is 1. The van der Waals surface area contributed by atoms with Gasteiger partial charge in [-0.3, -0.25) is 0 Å². The van der Waals surface area contributed by atoms with Crippen molar-refractivity contribution < 1.29 is 5.11 Å². The third kappa shape index (κ3) is 3.85. The molecule has 110 valence electrons. The van der Waals surface area contributed by atoms with Crippen molar-refractivity contribution in [1.29, 1.82) is 0 Å². The number of hydrogen-bond donors (Lipinski definition) is 2. The Balaban J connectivity index is 1.48. The van der Waals surface area contributed by atoms with Crippen LogP contribution < -0.4 is 5.32 Å². The lowest BCUT2D eigenvalue weighted by molar-refractivity contribution is 0.341. The maximum Gasteiger partial charge on any atom is 0.115 e. The van der Waals surface area contributed by atoms with Crippen LogP contribution in [0.15, 0.2) is 54.6 Å². The van der Waals surface area contributed by atoms with Crippen LogP contribution in [-0.4, -0.2) is 11.1 Å². The Morgan fingerprint density at radius 1 is 0.857 bits per heavy atom.